The number of hydrogen-bond donors (Lipinski definition) is 1. The van der Waals surface area contributed by atoms with Gasteiger partial charge in [0.1, 0.15) is 5.75 Å². The molecule has 124 valence electrons. The van der Waals surface area contributed by atoms with Crippen LogP contribution in [0.3, 0.4) is 0 Å². The topological polar surface area (TPSA) is 64.6 Å². The lowest BCUT2D eigenvalue weighted by Gasteiger charge is -2.26. The zero-order chi connectivity index (χ0) is 16.9. The number of fused-ring (bicyclic) bond motifs is 1. The molecule has 0 spiro atoms. The first-order valence-corrected chi connectivity index (χ1v) is 7.88. The molecule has 5 nitrogen and oxygen atoms in total. The second-order valence-corrected chi connectivity index (χ2v) is 5.74. The third-order valence-electron chi connectivity index (χ3n) is 3.92. The molecule has 1 N–H and O–H groups in total. The van der Waals surface area contributed by atoms with Gasteiger partial charge in [-0.15, -0.1) is 0 Å². The van der Waals surface area contributed by atoms with Crippen LogP contribution in [0.2, 0.25) is 0 Å². The Labute approximate surface area is 140 Å². The highest BCUT2D eigenvalue weighted by molar-refractivity contribution is 5.91. The van der Waals surface area contributed by atoms with Gasteiger partial charge in [0.15, 0.2) is 6.61 Å². The predicted octanol–water partition coefficient (Wildman–Crippen LogP) is 2.79. The fourth-order valence-electron chi connectivity index (χ4n) is 2.63. The molecule has 1 unspecified atom stereocenters. The number of aryl methyl sites for hydroxylation is 1. The second kappa shape index (κ2) is 7.17. The van der Waals surface area contributed by atoms with Crippen molar-refractivity contribution in [3.8, 4) is 5.75 Å². The number of carbonyl (C=O) groups excluding carboxylic acids is 2. The summed E-state index contributed by atoms with van der Waals surface area (Å²) in [5, 5.41) is 2.89. The monoisotopic (exact) mass is 325 g/mol. The Balaban J connectivity index is 1.55. The van der Waals surface area contributed by atoms with Gasteiger partial charge in [0.25, 0.3) is 5.91 Å². The lowest BCUT2D eigenvalue weighted by atomic mass is 10.0. The summed E-state index contributed by atoms with van der Waals surface area (Å²) in [5.74, 6) is -0.0413. The Morgan fingerprint density at radius 1 is 1.17 bits per heavy atom. The van der Waals surface area contributed by atoms with Gasteiger partial charge in [-0.25, -0.2) is 4.79 Å². The summed E-state index contributed by atoms with van der Waals surface area (Å²) < 4.78 is 10.6. The predicted molar refractivity (Wildman–Crippen MR) is 88.9 cm³/mol. The maximum atomic E-state index is 12.1. The minimum atomic E-state index is -0.502. The van der Waals surface area contributed by atoms with E-state index in [1.165, 1.54) is 0 Å². The second-order valence-electron chi connectivity index (χ2n) is 5.74. The number of nitrogens with one attached hydrogen (secondary N) is 1. The van der Waals surface area contributed by atoms with Crippen molar-refractivity contribution in [1.82, 2.24) is 5.32 Å². The fraction of sp³-hybridized carbons (Fsp3) is 0.263. The molecule has 5 heteroatoms. The minimum absolute atomic E-state index is 0.125. The van der Waals surface area contributed by atoms with E-state index >= 15 is 0 Å². The fourth-order valence-corrected chi connectivity index (χ4v) is 2.63. The summed E-state index contributed by atoms with van der Waals surface area (Å²) in [6, 6.07) is 14.5. The van der Waals surface area contributed by atoms with E-state index in [4.69, 9.17) is 9.47 Å². The summed E-state index contributed by atoms with van der Waals surface area (Å²) >= 11 is 0. The molecule has 1 atom stereocenters. The van der Waals surface area contributed by atoms with E-state index < -0.39 is 5.97 Å². The zero-order valence-corrected chi connectivity index (χ0v) is 13.5. The Morgan fingerprint density at radius 3 is 2.71 bits per heavy atom. The Hall–Kier alpha value is -2.82. The van der Waals surface area contributed by atoms with Gasteiger partial charge in [0.2, 0.25) is 0 Å². The first kappa shape index (κ1) is 16.1. The molecule has 2 aromatic carbocycles. The lowest BCUT2D eigenvalue weighted by Crippen LogP contribution is -2.35. The standard InChI is InChI=1S/C19H19NO4/c1-13-6-8-14(9-7-13)19(22)24-12-18(21)20-16-10-11-23-17-5-3-2-4-15(16)17/h2-9,16H,10-12H2,1H3,(H,20,21). The quantitative estimate of drug-likeness (QED) is 0.878. The number of amides is 1. The molecule has 3 rings (SSSR count). The highest BCUT2D eigenvalue weighted by Crippen LogP contribution is 2.31. The normalized spacial score (nSPS) is 15.8. The van der Waals surface area contributed by atoms with Gasteiger partial charge in [-0.2, -0.15) is 0 Å². The van der Waals surface area contributed by atoms with E-state index in [1.807, 2.05) is 43.3 Å². The van der Waals surface area contributed by atoms with Crippen molar-refractivity contribution in [2.75, 3.05) is 13.2 Å². The number of hydrogen-bond acceptors (Lipinski definition) is 4. The molecule has 1 aliphatic heterocycles. The first-order chi connectivity index (χ1) is 11.6. The Kier molecular flexibility index (Phi) is 4.79. The molecule has 1 amide bonds. The summed E-state index contributed by atoms with van der Waals surface area (Å²) in [6.45, 7) is 2.19. The van der Waals surface area contributed by atoms with Crippen LogP contribution in [0.4, 0.5) is 0 Å². The molecule has 1 aliphatic rings. The number of ether oxygens (including phenoxy) is 2. The number of carbonyl (C=O) groups is 2. The molecule has 0 radical (unpaired) electrons. The van der Waals surface area contributed by atoms with Gasteiger partial charge in [-0.3, -0.25) is 4.79 Å². The highest BCUT2D eigenvalue weighted by Gasteiger charge is 2.23. The van der Waals surface area contributed by atoms with Crippen LogP contribution >= 0.6 is 0 Å². The number of benzene rings is 2. The van der Waals surface area contributed by atoms with Crippen molar-refractivity contribution in [3.63, 3.8) is 0 Å². The molecule has 1 heterocycles. The SMILES string of the molecule is Cc1ccc(C(=O)OCC(=O)NC2CCOc3ccccc32)cc1. The number of esters is 1. The van der Waals surface area contributed by atoms with E-state index in [-0.39, 0.29) is 18.6 Å². The number of para-hydroxylation sites is 1. The molecule has 0 aromatic heterocycles. The van der Waals surface area contributed by atoms with Crippen LogP contribution in [0.15, 0.2) is 48.5 Å². The van der Waals surface area contributed by atoms with Crippen LogP contribution in [0.5, 0.6) is 5.75 Å². The van der Waals surface area contributed by atoms with Gasteiger partial charge in [-0.05, 0) is 25.1 Å². The van der Waals surface area contributed by atoms with Crippen LogP contribution in [0.25, 0.3) is 0 Å². The zero-order valence-electron chi connectivity index (χ0n) is 13.5. The Morgan fingerprint density at radius 2 is 1.92 bits per heavy atom. The van der Waals surface area contributed by atoms with E-state index in [9.17, 15) is 9.59 Å². The van der Waals surface area contributed by atoms with Crippen LogP contribution in [0.1, 0.15) is 33.9 Å². The van der Waals surface area contributed by atoms with Crippen molar-refractivity contribution in [2.45, 2.75) is 19.4 Å². The van der Waals surface area contributed by atoms with Crippen molar-refractivity contribution >= 4 is 11.9 Å². The van der Waals surface area contributed by atoms with E-state index in [2.05, 4.69) is 5.32 Å². The smallest absolute Gasteiger partial charge is 0.338 e. The molecule has 0 aliphatic carbocycles. The number of rotatable bonds is 4. The summed E-state index contributed by atoms with van der Waals surface area (Å²) in [5.41, 5.74) is 2.44. The molecule has 0 fully saturated rings. The van der Waals surface area contributed by atoms with Gasteiger partial charge < -0.3 is 14.8 Å². The largest absolute Gasteiger partial charge is 0.493 e. The van der Waals surface area contributed by atoms with E-state index in [0.717, 1.165) is 16.9 Å². The van der Waals surface area contributed by atoms with Gasteiger partial charge in [0.05, 0.1) is 18.2 Å². The average Bonchev–Trinajstić information content (AvgIpc) is 2.61. The van der Waals surface area contributed by atoms with Crippen LogP contribution in [-0.2, 0) is 9.53 Å². The van der Waals surface area contributed by atoms with Crippen molar-refractivity contribution in [3.05, 3.63) is 65.2 Å². The van der Waals surface area contributed by atoms with Crippen molar-refractivity contribution in [1.29, 1.82) is 0 Å². The summed E-state index contributed by atoms with van der Waals surface area (Å²) in [6.07, 6.45) is 0.689. The third-order valence-corrected chi connectivity index (χ3v) is 3.92. The summed E-state index contributed by atoms with van der Waals surface area (Å²) in [7, 11) is 0. The Bertz CT molecular complexity index is 739. The van der Waals surface area contributed by atoms with Gasteiger partial charge >= 0.3 is 5.97 Å². The van der Waals surface area contributed by atoms with Crippen LogP contribution in [0, 0.1) is 6.92 Å². The van der Waals surface area contributed by atoms with Gasteiger partial charge in [0, 0.05) is 12.0 Å². The molecular formula is C19H19NO4. The minimum Gasteiger partial charge on any atom is -0.493 e. The molecule has 24 heavy (non-hydrogen) atoms. The lowest BCUT2D eigenvalue weighted by molar-refractivity contribution is -0.125. The van der Waals surface area contributed by atoms with Crippen LogP contribution in [-0.4, -0.2) is 25.1 Å². The summed E-state index contributed by atoms with van der Waals surface area (Å²) in [4.78, 5) is 24.0. The van der Waals surface area contributed by atoms with E-state index in [1.54, 1.807) is 12.1 Å². The maximum Gasteiger partial charge on any atom is 0.338 e. The molecule has 2 aromatic rings. The molecule has 0 saturated heterocycles. The van der Waals surface area contributed by atoms with Crippen molar-refractivity contribution in [2.24, 2.45) is 0 Å². The highest BCUT2D eigenvalue weighted by atomic mass is 16.5. The third kappa shape index (κ3) is 3.74. The average molecular weight is 325 g/mol. The molecule has 0 saturated carbocycles. The van der Waals surface area contributed by atoms with E-state index in [0.29, 0.717) is 18.6 Å². The van der Waals surface area contributed by atoms with Crippen molar-refractivity contribution < 1.29 is 19.1 Å². The van der Waals surface area contributed by atoms with Gasteiger partial charge in [-0.1, -0.05) is 35.9 Å². The van der Waals surface area contributed by atoms with Crippen LogP contribution < -0.4 is 10.1 Å². The molecule has 0 bridgehead atoms. The molecular weight excluding hydrogens is 306 g/mol. The first-order valence-electron chi connectivity index (χ1n) is 7.88. The maximum absolute atomic E-state index is 12.1.